The van der Waals surface area contributed by atoms with Crippen LogP contribution in [-0.4, -0.2) is 54.1 Å². The second-order valence-electron chi connectivity index (χ2n) is 6.89. The van der Waals surface area contributed by atoms with Crippen molar-refractivity contribution in [3.05, 3.63) is 35.0 Å². The lowest BCUT2D eigenvalue weighted by Gasteiger charge is -2.32. The number of hydrogen-bond acceptors (Lipinski definition) is 2. The Morgan fingerprint density at radius 1 is 1.00 bits per heavy atom. The van der Waals surface area contributed by atoms with Crippen molar-refractivity contribution in [2.75, 3.05) is 39.8 Å². The highest BCUT2D eigenvalue weighted by atomic mass is 15.2. The SMILES string of the molecule is Cc1ccc2c(CCCN3CCN(C)CC3)c(C)n(C)c2c1. The number of piperazine rings is 1. The smallest absolute Gasteiger partial charge is 0.0485 e. The van der Waals surface area contributed by atoms with Gasteiger partial charge in [-0.05, 0) is 57.5 Å². The first-order valence-corrected chi connectivity index (χ1v) is 8.51. The average molecular weight is 299 g/mol. The van der Waals surface area contributed by atoms with Gasteiger partial charge in [-0.1, -0.05) is 12.1 Å². The predicted molar refractivity (Wildman–Crippen MR) is 94.7 cm³/mol. The molecule has 0 radical (unpaired) electrons. The fraction of sp³-hybridized carbons (Fsp3) is 0.579. The number of rotatable bonds is 4. The summed E-state index contributed by atoms with van der Waals surface area (Å²) in [6, 6.07) is 6.86. The van der Waals surface area contributed by atoms with Gasteiger partial charge in [0.15, 0.2) is 0 Å². The third kappa shape index (κ3) is 3.06. The molecule has 2 heterocycles. The van der Waals surface area contributed by atoms with Crippen LogP contribution < -0.4 is 0 Å². The van der Waals surface area contributed by atoms with Crippen LogP contribution in [0, 0.1) is 13.8 Å². The van der Waals surface area contributed by atoms with Gasteiger partial charge in [0.2, 0.25) is 0 Å². The largest absolute Gasteiger partial charge is 0.348 e. The van der Waals surface area contributed by atoms with Crippen molar-refractivity contribution in [3.63, 3.8) is 0 Å². The fourth-order valence-corrected chi connectivity index (χ4v) is 3.62. The van der Waals surface area contributed by atoms with Crippen LogP contribution in [0.15, 0.2) is 18.2 Å². The van der Waals surface area contributed by atoms with Crippen molar-refractivity contribution in [2.24, 2.45) is 7.05 Å². The molecule has 0 saturated carbocycles. The first-order chi connectivity index (χ1) is 10.6. The zero-order chi connectivity index (χ0) is 15.7. The molecule has 0 amide bonds. The average Bonchev–Trinajstić information content (AvgIpc) is 2.74. The third-order valence-corrected chi connectivity index (χ3v) is 5.28. The highest BCUT2D eigenvalue weighted by Gasteiger charge is 2.15. The van der Waals surface area contributed by atoms with Crippen molar-refractivity contribution >= 4 is 10.9 Å². The number of nitrogens with zero attached hydrogens (tertiary/aromatic N) is 3. The van der Waals surface area contributed by atoms with Gasteiger partial charge < -0.3 is 14.4 Å². The molecular weight excluding hydrogens is 270 g/mol. The van der Waals surface area contributed by atoms with Crippen LogP contribution in [0.4, 0.5) is 0 Å². The van der Waals surface area contributed by atoms with Gasteiger partial charge in [-0.3, -0.25) is 0 Å². The summed E-state index contributed by atoms with van der Waals surface area (Å²) >= 11 is 0. The molecule has 3 heteroatoms. The highest BCUT2D eigenvalue weighted by Crippen LogP contribution is 2.27. The number of aromatic nitrogens is 1. The summed E-state index contributed by atoms with van der Waals surface area (Å²) in [4.78, 5) is 5.04. The van der Waals surface area contributed by atoms with Crippen molar-refractivity contribution < 1.29 is 0 Å². The van der Waals surface area contributed by atoms with Crippen LogP contribution in [-0.2, 0) is 13.5 Å². The van der Waals surface area contributed by atoms with Gasteiger partial charge in [-0.15, -0.1) is 0 Å². The van der Waals surface area contributed by atoms with Crippen molar-refractivity contribution in [1.29, 1.82) is 0 Å². The lowest BCUT2D eigenvalue weighted by atomic mass is 10.0. The molecule has 0 aliphatic carbocycles. The second-order valence-corrected chi connectivity index (χ2v) is 6.89. The normalized spacial score (nSPS) is 17.5. The maximum absolute atomic E-state index is 2.62. The quantitative estimate of drug-likeness (QED) is 0.860. The van der Waals surface area contributed by atoms with Crippen molar-refractivity contribution in [3.8, 4) is 0 Å². The minimum absolute atomic E-state index is 1.19. The second kappa shape index (κ2) is 6.43. The predicted octanol–water partition coefficient (Wildman–Crippen LogP) is 2.98. The first-order valence-electron chi connectivity index (χ1n) is 8.51. The summed E-state index contributed by atoms with van der Waals surface area (Å²) in [5.41, 5.74) is 5.70. The molecule has 1 aromatic heterocycles. The molecule has 1 aromatic carbocycles. The number of likely N-dealkylation sites (N-methyl/N-ethyl adjacent to an activating group) is 1. The zero-order valence-corrected chi connectivity index (χ0v) is 14.5. The van der Waals surface area contributed by atoms with E-state index in [4.69, 9.17) is 0 Å². The molecule has 1 saturated heterocycles. The monoisotopic (exact) mass is 299 g/mol. The van der Waals surface area contributed by atoms with Crippen LogP contribution in [0.25, 0.3) is 10.9 Å². The summed E-state index contributed by atoms with van der Waals surface area (Å²) in [5, 5.41) is 1.45. The van der Waals surface area contributed by atoms with Crippen LogP contribution in [0.2, 0.25) is 0 Å². The van der Waals surface area contributed by atoms with Crippen molar-refractivity contribution in [1.82, 2.24) is 14.4 Å². The van der Waals surface area contributed by atoms with E-state index in [-0.39, 0.29) is 0 Å². The number of benzene rings is 1. The third-order valence-electron chi connectivity index (χ3n) is 5.28. The molecule has 2 aromatic rings. The minimum atomic E-state index is 1.19. The van der Waals surface area contributed by atoms with E-state index < -0.39 is 0 Å². The molecule has 120 valence electrons. The van der Waals surface area contributed by atoms with Crippen molar-refractivity contribution in [2.45, 2.75) is 26.7 Å². The number of fused-ring (bicyclic) bond motifs is 1. The Bertz CT molecular complexity index is 648. The summed E-state index contributed by atoms with van der Waals surface area (Å²) < 4.78 is 2.35. The Morgan fingerprint density at radius 2 is 1.73 bits per heavy atom. The Morgan fingerprint density at radius 3 is 2.45 bits per heavy atom. The van der Waals surface area contributed by atoms with E-state index in [0.717, 1.165) is 0 Å². The lowest BCUT2D eigenvalue weighted by molar-refractivity contribution is 0.153. The van der Waals surface area contributed by atoms with Gasteiger partial charge in [0.05, 0.1) is 0 Å². The number of hydrogen-bond donors (Lipinski definition) is 0. The van der Waals surface area contributed by atoms with E-state index in [1.54, 1.807) is 5.56 Å². The molecule has 0 bridgehead atoms. The van der Waals surface area contributed by atoms with Crippen LogP contribution in [0.5, 0.6) is 0 Å². The van der Waals surface area contributed by atoms with E-state index >= 15 is 0 Å². The molecule has 0 unspecified atom stereocenters. The molecule has 3 nitrogen and oxygen atoms in total. The van der Waals surface area contributed by atoms with Gasteiger partial charge >= 0.3 is 0 Å². The van der Waals surface area contributed by atoms with Gasteiger partial charge in [-0.25, -0.2) is 0 Å². The summed E-state index contributed by atoms with van der Waals surface area (Å²) in [7, 11) is 4.42. The topological polar surface area (TPSA) is 11.4 Å². The molecular formula is C19H29N3. The van der Waals surface area contributed by atoms with Gasteiger partial charge in [0.25, 0.3) is 0 Å². The summed E-state index contributed by atoms with van der Waals surface area (Å²) in [5.74, 6) is 0. The summed E-state index contributed by atoms with van der Waals surface area (Å²) in [6.45, 7) is 10.6. The lowest BCUT2D eigenvalue weighted by Crippen LogP contribution is -2.44. The fourth-order valence-electron chi connectivity index (χ4n) is 3.62. The maximum atomic E-state index is 2.62. The summed E-state index contributed by atoms with van der Waals surface area (Å²) in [6.07, 6.45) is 2.45. The van der Waals surface area contributed by atoms with E-state index in [1.165, 1.54) is 67.7 Å². The molecule has 0 atom stereocenters. The van der Waals surface area contributed by atoms with E-state index in [2.05, 4.69) is 60.5 Å². The molecule has 0 N–H and O–H groups in total. The maximum Gasteiger partial charge on any atom is 0.0485 e. The van der Waals surface area contributed by atoms with E-state index in [0.29, 0.717) is 0 Å². The van der Waals surface area contributed by atoms with Gasteiger partial charge in [0, 0.05) is 49.8 Å². The molecule has 0 spiro atoms. The molecule has 22 heavy (non-hydrogen) atoms. The van der Waals surface area contributed by atoms with Crippen LogP contribution in [0.3, 0.4) is 0 Å². The molecule has 1 aliphatic heterocycles. The Labute approximate surface area is 134 Å². The van der Waals surface area contributed by atoms with E-state index in [1.807, 2.05) is 0 Å². The Hall–Kier alpha value is -1.32. The number of aryl methyl sites for hydroxylation is 3. The van der Waals surface area contributed by atoms with Crippen LogP contribution >= 0.6 is 0 Å². The van der Waals surface area contributed by atoms with E-state index in [9.17, 15) is 0 Å². The highest BCUT2D eigenvalue weighted by molar-refractivity contribution is 5.86. The molecule has 1 fully saturated rings. The standard InChI is InChI=1S/C19H29N3/c1-15-7-8-18-17(16(2)21(4)19(18)14-15)6-5-9-22-12-10-20(3)11-13-22/h7-8,14H,5-6,9-13H2,1-4H3. The van der Waals surface area contributed by atoms with Gasteiger partial charge in [-0.2, -0.15) is 0 Å². The minimum Gasteiger partial charge on any atom is -0.348 e. The first kappa shape index (κ1) is 15.6. The molecule has 1 aliphatic rings. The Kier molecular flexibility index (Phi) is 4.55. The zero-order valence-electron chi connectivity index (χ0n) is 14.5. The van der Waals surface area contributed by atoms with Gasteiger partial charge in [0.1, 0.15) is 0 Å². The molecule has 3 rings (SSSR count). The van der Waals surface area contributed by atoms with Crippen LogP contribution in [0.1, 0.15) is 23.2 Å². The Balaban J connectivity index is 1.68.